The van der Waals surface area contributed by atoms with Crippen molar-refractivity contribution < 1.29 is 13.2 Å². The molecule has 4 heteroatoms. The minimum atomic E-state index is -0.899. The number of hydrogen-bond acceptors (Lipinski definition) is 2. The van der Waals surface area contributed by atoms with E-state index in [-0.39, 0.29) is 11.0 Å². The van der Waals surface area contributed by atoms with Gasteiger partial charge in [0.25, 0.3) is 0 Å². The summed E-state index contributed by atoms with van der Waals surface area (Å²) in [6.45, 7) is 0. The van der Waals surface area contributed by atoms with E-state index in [4.69, 9.17) is 0 Å². The van der Waals surface area contributed by atoms with Crippen LogP contribution < -0.4 is 5.63 Å². The summed E-state index contributed by atoms with van der Waals surface area (Å²) in [6.07, 6.45) is 0. The fourth-order valence-corrected chi connectivity index (χ4v) is 1.13. The van der Waals surface area contributed by atoms with Crippen molar-refractivity contribution >= 4 is 11.0 Å². The van der Waals surface area contributed by atoms with Crippen molar-refractivity contribution in [1.82, 2.24) is 0 Å². The Morgan fingerprint density at radius 3 is 2.69 bits per heavy atom. The van der Waals surface area contributed by atoms with Crippen LogP contribution in [0.1, 0.15) is 0 Å². The molecule has 0 N–H and O–H groups in total. The topological polar surface area (TPSA) is 30.2 Å². The highest BCUT2D eigenvalue weighted by molar-refractivity contribution is 5.77. The lowest BCUT2D eigenvalue weighted by Crippen LogP contribution is -1.99. The quantitative estimate of drug-likeness (QED) is 0.584. The van der Waals surface area contributed by atoms with Gasteiger partial charge >= 0.3 is 5.63 Å². The molecule has 0 amide bonds. The number of halogens is 2. The lowest BCUT2D eigenvalue weighted by molar-refractivity contribution is 0.530. The highest BCUT2D eigenvalue weighted by Crippen LogP contribution is 2.18. The zero-order chi connectivity index (χ0) is 9.42. The van der Waals surface area contributed by atoms with Crippen LogP contribution in [0.25, 0.3) is 11.0 Å². The van der Waals surface area contributed by atoms with Gasteiger partial charge in [-0.05, 0) is 12.1 Å². The van der Waals surface area contributed by atoms with Crippen LogP contribution in [-0.4, -0.2) is 0 Å². The molecular formula is C9H4F2O2. The van der Waals surface area contributed by atoms with Crippen molar-refractivity contribution in [3.8, 4) is 0 Å². The third-order valence-corrected chi connectivity index (χ3v) is 1.67. The Kier molecular flexibility index (Phi) is 1.62. The predicted octanol–water partition coefficient (Wildman–Crippen LogP) is 2.07. The molecule has 0 atom stereocenters. The van der Waals surface area contributed by atoms with Crippen LogP contribution >= 0.6 is 0 Å². The first kappa shape index (κ1) is 7.91. The zero-order valence-corrected chi connectivity index (χ0v) is 6.38. The van der Waals surface area contributed by atoms with Gasteiger partial charge < -0.3 is 4.42 Å². The summed E-state index contributed by atoms with van der Waals surface area (Å²) >= 11 is 0. The molecule has 0 radical (unpaired) electrons. The van der Waals surface area contributed by atoms with E-state index in [9.17, 15) is 13.6 Å². The Balaban J connectivity index is 3.03. The standard InChI is InChI=1S/C9H4F2O2/c10-5-2-1-3-7-9(5)6(11)4-8(12)13-7/h1-4H. The van der Waals surface area contributed by atoms with E-state index in [1.165, 1.54) is 12.1 Å². The van der Waals surface area contributed by atoms with Crippen LogP contribution in [0.15, 0.2) is 33.5 Å². The van der Waals surface area contributed by atoms with Gasteiger partial charge in [-0.25, -0.2) is 13.6 Å². The molecule has 1 aromatic carbocycles. The normalized spacial score (nSPS) is 10.6. The zero-order valence-electron chi connectivity index (χ0n) is 6.38. The van der Waals surface area contributed by atoms with Gasteiger partial charge in [-0.3, -0.25) is 0 Å². The van der Waals surface area contributed by atoms with E-state index >= 15 is 0 Å². The highest BCUT2D eigenvalue weighted by atomic mass is 19.1. The molecule has 2 nitrogen and oxygen atoms in total. The third-order valence-electron chi connectivity index (χ3n) is 1.67. The number of fused-ring (bicyclic) bond motifs is 1. The van der Waals surface area contributed by atoms with Crippen molar-refractivity contribution in [3.05, 3.63) is 46.3 Å². The molecule has 66 valence electrons. The molecule has 1 heterocycles. The van der Waals surface area contributed by atoms with Crippen LogP contribution in [-0.2, 0) is 0 Å². The monoisotopic (exact) mass is 182 g/mol. The van der Waals surface area contributed by atoms with Crippen molar-refractivity contribution in [2.75, 3.05) is 0 Å². The molecule has 0 unspecified atom stereocenters. The molecule has 1 aromatic heterocycles. The number of hydrogen-bond donors (Lipinski definition) is 0. The van der Waals surface area contributed by atoms with Gasteiger partial charge in [0.15, 0.2) is 0 Å². The molecule has 2 aromatic rings. The van der Waals surface area contributed by atoms with Crippen molar-refractivity contribution in [2.45, 2.75) is 0 Å². The average molecular weight is 182 g/mol. The van der Waals surface area contributed by atoms with Crippen LogP contribution in [0.3, 0.4) is 0 Å². The summed E-state index contributed by atoms with van der Waals surface area (Å²) in [5, 5.41) is -0.290. The number of rotatable bonds is 0. The molecule has 13 heavy (non-hydrogen) atoms. The van der Waals surface area contributed by atoms with E-state index < -0.39 is 17.3 Å². The summed E-state index contributed by atoms with van der Waals surface area (Å²) in [6, 6.07) is 4.40. The van der Waals surface area contributed by atoms with Crippen LogP contribution in [0, 0.1) is 11.6 Å². The minimum Gasteiger partial charge on any atom is -0.422 e. The van der Waals surface area contributed by atoms with Gasteiger partial charge in [0.2, 0.25) is 0 Å². The molecule has 0 fully saturated rings. The largest absolute Gasteiger partial charge is 0.422 e. The first-order valence-corrected chi connectivity index (χ1v) is 3.56. The Labute approximate surface area is 71.4 Å². The van der Waals surface area contributed by atoms with Crippen molar-refractivity contribution in [2.24, 2.45) is 0 Å². The predicted molar refractivity (Wildman–Crippen MR) is 42.4 cm³/mol. The summed E-state index contributed by atoms with van der Waals surface area (Å²) < 4.78 is 30.6. The van der Waals surface area contributed by atoms with E-state index in [1.54, 1.807) is 0 Å². The summed E-state index contributed by atoms with van der Waals surface area (Å²) in [5.41, 5.74) is -0.902. The number of benzene rings is 1. The van der Waals surface area contributed by atoms with E-state index in [1.807, 2.05) is 0 Å². The smallest absolute Gasteiger partial charge is 0.339 e. The molecule has 0 saturated carbocycles. The first-order chi connectivity index (χ1) is 6.18. The summed E-state index contributed by atoms with van der Waals surface area (Å²) in [5.74, 6) is -1.64. The maximum Gasteiger partial charge on any atom is 0.339 e. The molecule has 0 spiro atoms. The van der Waals surface area contributed by atoms with Gasteiger partial charge in [-0.15, -0.1) is 0 Å². The van der Waals surface area contributed by atoms with Crippen LogP contribution in [0.5, 0.6) is 0 Å². The second-order valence-electron chi connectivity index (χ2n) is 2.53. The van der Waals surface area contributed by atoms with Gasteiger partial charge in [0, 0.05) is 0 Å². The third kappa shape index (κ3) is 1.20. The minimum absolute atomic E-state index is 0.0787. The van der Waals surface area contributed by atoms with E-state index in [0.29, 0.717) is 6.07 Å². The highest BCUT2D eigenvalue weighted by Gasteiger charge is 2.08. The summed E-state index contributed by atoms with van der Waals surface area (Å²) in [7, 11) is 0. The Bertz CT molecular complexity index is 516. The van der Waals surface area contributed by atoms with Crippen molar-refractivity contribution in [1.29, 1.82) is 0 Å². The first-order valence-electron chi connectivity index (χ1n) is 3.56. The van der Waals surface area contributed by atoms with E-state index in [0.717, 1.165) is 6.07 Å². The molecule has 0 aliphatic rings. The Hall–Kier alpha value is -1.71. The Morgan fingerprint density at radius 1 is 1.15 bits per heavy atom. The van der Waals surface area contributed by atoms with Gasteiger partial charge in [-0.1, -0.05) is 6.07 Å². The Morgan fingerprint density at radius 2 is 1.92 bits per heavy atom. The SMILES string of the molecule is O=c1cc(F)c2c(F)cccc2o1. The van der Waals surface area contributed by atoms with Crippen molar-refractivity contribution in [3.63, 3.8) is 0 Å². The fourth-order valence-electron chi connectivity index (χ4n) is 1.13. The summed E-state index contributed by atoms with van der Waals surface area (Å²) in [4.78, 5) is 10.7. The molecular weight excluding hydrogens is 178 g/mol. The van der Waals surface area contributed by atoms with Gasteiger partial charge in [0.1, 0.15) is 17.2 Å². The molecule has 0 bridgehead atoms. The molecule has 0 aliphatic carbocycles. The van der Waals surface area contributed by atoms with Gasteiger partial charge in [0.05, 0.1) is 11.5 Å². The molecule has 2 rings (SSSR count). The molecule has 0 aliphatic heterocycles. The van der Waals surface area contributed by atoms with E-state index in [2.05, 4.69) is 4.42 Å². The van der Waals surface area contributed by atoms with Crippen LogP contribution in [0.4, 0.5) is 8.78 Å². The fraction of sp³-hybridized carbons (Fsp3) is 0. The second-order valence-corrected chi connectivity index (χ2v) is 2.53. The molecule has 0 saturated heterocycles. The lowest BCUT2D eigenvalue weighted by atomic mass is 10.2. The lowest BCUT2D eigenvalue weighted by Gasteiger charge is -1.97. The average Bonchev–Trinajstić information content (AvgIpc) is 2.02. The second kappa shape index (κ2) is 2.65. The maximum absolute atomic E-state index is 13.0. The maximum atomic E-state index is 13.0. The van der Waals surface area contributed by atoms with Crippen LogP contribution in [0.2, 0.25) is 0 Å². The van der Waals surface area contributed by atoms with Gasteiger partial charge in [-0.2, -0.15) is 0 Å².